The maximum absolute atomic E-state index is 11.8. The molecule has 0 radical (unpaired) electrons. The zero-order chi connectivity index (χ0) is 11.8. The minimum absolute atomic E-state index is 0.119. The van der Waals surface area contributed by atoms with Crippen LogP contribution in [0.3, 0.4) is 0 Å². The highest BCUT2D eigenvalue weighted by atomic mass is 79.9. The summed E-state index contributed by atoms with van der Waals surface area (Å²) in [5, 5.41) is 4.44. The summed E-state index contributed by atoms with van der Waals surface area (Å²) in [5.74, 6) is 0. The van der Waals surface area contributed by atoms with Crippen LogP contribution in [0.2, 0.25) is 0 Å². The molecule has 0 bridgehead atoms. The highest BCUT2D eigenvalue weighted by Gasteiger charge is 2.37. The van der Waals surface area contributed by atoms with Crippen LogP contribution < -0.4 is 15.8 Å². The molecule has 4 nitrogen and oxygen atoms in total. The Labute approximate surface area is 103 Å². The van der Waals surface area contributed by atoms with E-state index in [1.54, 1.807) is 0 Å². The number of nitrogens with one attached hydrogen (secondary N) is 2. The van der Waals surface area contributed by atoms with Gasteiger partial charge in [0.2, 0.25) is 0 Å². The van der Waals surface area contributed by atoms with Crippen molar-refractivity contribution in [3.8, 4) is 0 Å². The van der Waals surface area contributed by atoms with Crippen LogP contribution in [0.25, 0.3) is 0 Å². The summed E-state index contributed by atoms with van der Waals surface area (Å²) in [6.07, 6.45) is 0.825. The summed E-state index contributed by atoms with van der Waals surface area (Å²) in [6, 6.07) is 7.47. The van der Waals surface area contributed by atoms with Gasteiger partial charge in [0.05, 0.1) is 5.69 Å². The molecule has 1 heterocycles. The molecule has 1 aliphatic rings. The minimum atomic E-state index is -0.357. The first-order valence-electron chi connectivity index (χ1n) is 5.20. The molecule has 2 rings (SSSR count). The third-order valence-electron chi connectivity index (χ3n) is 2.74. The molecule has 2 N–H and O–H groups in total. The Hall–Kier alpha value is -1.07. The first-order valence-corrected chi connectivity index (χ1v) is 5.99. The third-order valence-corrected chi connectivity index (χ3v) is 3.27. The van der Waals surface area contributed by atoms with E-state index in [0.717, 1.165) is 16.6 Å². The van der Waals surface area contributed by atoms with Crippen LogP contribution in [0.15, 0.2) is 28.7 Å². The van der Waals surface area contributed by atoms with Crippen molar-refractivity contribution in [1.82, 2.24) is 10.7 Å². The van der Waals surface area contributed by atoms with Gasteiger partial charge in [0, 0.05) is 4.47 Å². The normalized spacial score (nSPS) is 24.7. The largest absolute Gasteiger partial charge is 0.338 e. The van der Waals surface area contributed by atoms with Crippen LogP contribution in [-0.2, 0) is 0 Å². The monoisotopic (exact) mass is 283 g/mol. The maximum atomic E-state index is 11.8. The molecule has 16 heavy (non-hydrogen) atoms. The molecule has 1 atom stereocenters. The van der Waals surface area contributed by atoms with Crippen LogP contribution >= 0.6 is 15.9 Å². The average molecular weight is 284 g/mol. The molecule has 0 unspecified atom stereocenters. The van der Waals surface area contributed by atoms with E-state index < -0.39 is 0 Å². The molecule has 1 aromatic rings. The van der Waals surface area contributed by atoms with E-state index in [2.05, 4.69) is 26.7 Å². The van der Waals surface area contributed by atoms with E-state index in [1.165, 1.54) is 5.01 Å². The predicted molar refractivity (Wildman–Crippen MR) is 67.0 cm³/mol. The van der Waals surface area contributed by atoms with E-state index in [4.69, 9.17) is 0 Å². The number of benzene rings is 1. The minimum Gasteiger partial charge on any atom is -0.317 e. The molecule has 0 saturated carbocycles. The fourth-order valence-corrected chi connectivity index (χ4v) is 1.82. The summed E-state index contributed by atoms with van der Waals surface area (Å²) in [6.45, 7) is 3.99. The van der Waals surface area contributed by atoms with E-state index in [9.17, 15) is 4.79 Å². The van der Waals surface area contributed by atoms with Gasteiger partial charge >= 0.3 is 6.03 Å². The highest BCUT2D eigenvalue weighted by Crippen LogP contribution is 2.22. The van der Waals surface area contributed by atoms with Crippen LogP contribution in [0.4, 0.5) is 10.5 Å². The summed E-state index contributed by atoms with van der Waals surface area (Å²) in [4.78, 5) is 11.8. The van der Waals surface area contributed by atoms with Gasteiger partial charge in [0.25, 0.3) is 0 Å². The second kappa shape index (κ2) is 4.07. The van der Waals surface area contributed by atoms with E-state index in [-0.39, 0.29) is 11.7 Å². The summed E-state index contributed by atoms with van der Waals surface area (Å²) >= 11 is 3.37. The molecular weight excluding hydrogens is 270 g/mol. The Kier molecular flexibility index (Phi) is 2.90. The molecule has 1 saturated heterocycles. The molecule has 0 spiro atoms. The van der Waals surface area contributed by atoms with Gasteiger partial charge in [-0.1, -0.05) is 22.9 Å². The molecule has 0 aliphatic carbocycles. The van der Waals surface area contributed by atoms with Crippen LogP contribution in [0.5, 0.6) is 0 Å². The van der Waals surface area contributed by atoms with Crippen molar-refractivity contribution < 1.29 is 4.79 Å². The Morgan fingerprint density at radius 3 is 2.50 bits per heavy atom. The fraction of sp³-hybridized carbons (Fsp3) is 0.364. The number of anilines is 1. The summed E-state index contributed by atoms with van der Waals surface area (Å²) in [7, 11) is 0. The number of hydrogen-bond donors (Lipinski definition) is 2. The fourth-order valence-electron chi connectivity index (χ4n) is 1.56. The number of amides is 2. The van der Waals surface area contributed by atoms with Crippen molar-refractivity contribution in [3.63, 3.8) is 0 Å². The third kappa shape index (κ3) is 2.05. The molecule has 1 aliphatic heterocycles. The lowest BCUT2D eigenvalue weighted by Gasteiger charge is -2.23. The number of halogens is 1. The lowest BCUT2D eigenvalue weighted by molar-refractivity contribution is 0.247. The van der Waals surface area contributed by atoms with Gasteiger partial charge in [0.15, 0.2) is 0 Å². The molecule has 1 fully saturated rings. The highest BCUT2D eigenvalue weighted by molar-refractivity contribution is 9.10. The standard InChI is InChI=1S/C11H14BrN3O/c1-3-11(2)13-10(16)15(14-11)9-6-4-8(12)5-7-9/h4-7,14H,3H2,1-2H3,(H,13,16)/t11-/m1/s1. The SMILES string of the molecule is CC[C@]1(C)NC(=O)N(c2ccc(Br)cc2)N1. The second-order valence-electron chi connectivity index (χ2n) is 4.04. The van der Waals surface area contributed by atoms with Crippen molar-refractivity contribution in [1.29, 1.82) is 0 Å². The topological polar surface area (TPSA) is 44.4 Å². The van der Waals surface area contributed by atoms with E-state index >= 15 is 0 Å². The molecule has 5 heteroatoms. The van der Waals surface area contributed by atoms with Gasteiger partial charge in [-0.3, -0.25) is 0 Å². The quantitative estimate of drug-likeness (QED) is 0.876. The lowest BCUT2D eigenvalue weighted by atomic mass is 10.2. The van der Waals surface area contributed by atoms with Crippen molar-refractivity contribution in [2.24, 2.45) is 0 Å². The molecule has 1 aromatic carbocycles. The first-order chi connectivity index (χ1) is 7.54. The lowest BCUT2D eigenvalue weighted by Crippen LogP contribution is -2.47. The van der Waals surface area contributed by atoms with Crippen molar-refractivity contribution >= 4 is 27.6 Å². The second-order valence-corrected chi connectivity index (χ2v) is 4.96. The Balaban J connectivity index is 2.23. The smallest absolute Gasteiger partial charge is 0.317 e. The van der Waals surface area contributed by atoms with Gasteiger partial charge in [-0.25, -0.2) is 15.2 Å². The number of carbonyl (C=O) groups is 1. The van der Waals surface area contributed by atoms with Gasteiger partial charge in [-0.2, -0.15) is 0 Å². The number of carbonyl (C=O) groups excluding carboxylic acids is 1. The summed E-state index contributed by atoms with van der Waals surface area (Å²) in [5.41, 5.74) is 3.63. The molecule has 2 amide bonds. The average Bonchev–Trinajstić information content (AvgIpc) is 2.57. The van der Waals surface area contributed by atoms with Crippen LogP contribution in [0.1, 0.15) is 20.3 Å². The van der Waals surface area contributed by atoms with Crippen molar-refractivity contribution in [2.45, 2.75) is 25.9 Å². The number of nitrogens with zero attached hydrogens (tertiary/aromatic N) is 1. The van der Waals surface area contributed by atoms with Crippen molar-refractivity contribution in [2.75, 3.05) is 5.01 Å². The molecule has 86 valence electrons. The van der Waals surface area contributed by atoms with Gasteiger partial charge < -0.3 is 5.32 Å². The zero-order valence-electron chi connectivity index (χ0n) is 9.25. The number of hydrazine groups is 1. The number of hydrogen-bond acceptors (Lipinski definition) is 2. The molecular formula is C11H14BrN3O. The Morgan fingerprint density at radius 1 is 1.38 bits per heavy atom. The van der Waals surface area contributed by atoms with Crippen LogP contribution in [-0.4, -0.2) is 11.7 Å². The number of urea groups is 1. The van der Waals surface area contributed by atoms with Gasteiger partial charge in [-0.05, 0) is 37.6 Å². The van der Waals surface area contributed by atoms with Crippen molar-refractivity contribution in [3.05, 3.63) is 28.7 Å². The number of rotatable bonds is 2. The van der Waals surface area contributed by atoms with E-state index in [0.29, 0.717) is 0 Å². The Bertz CT molecular complexity index is 406. The Morgan fingerprint density at radius 2 is 2.00 bits per heavy atom. The van der Waals surface area contributed by atoms with Gasteiger partial charge in [-0.15, -0.1) is 0 Å². The first kappa shape index (κ1) is 11.4. The van der Waals surface area contributed by atoms with Crippen LogP contribution in [0, 0.1) is 0 Å². The van der Waals surface area contributed by atoms with Gasteiger partial charge in [0.1, 0.15) is 5.66 Å². The predicted octanol–water partition coefficient (Wildman–Crippen LogP) is 2.61. The zero-order valence-corrected chi connectivity index (χ0v) is 10.8. The molecule has 0 aromatic heterocycles. The maximum Gasteiger partial charge on any atom is 0.338 e. The van der Waals surface area contributed by atoms with E-state index in [1.807, 2.05) is 38.1 Å². The summed E-state index contributed by atoms with van der Waals surface area (Å²) < 4.78 is 0.995.